The highest BCUT2D eigenvalue weighted by Gasteiger charge is 2.06. The molecule has 0 atom stereocenters. The van der Waals surface area contributed by atoms with E-state index in [1.807, 2.05) is 30.3 Å². The second-order valence-corrected chi connectivity index (χ2v) is 7.43. The molecule has 0 aliphatic heterocycles. The molecule has 24 heavy (non-hydrogen) atoms. The highest BCUT2D eigenvalue weighted by atomic mass is 127. The van der Waals surface area contributed by atoms with E-state index in [0.717, 1.165) is 15.0 Å². The van der Waals surface area contributed by atoms with Gasteiger partial charge in [-0.3, -0.25) is 4.79 Å². The van der Waals surface area contributed by atoms with Gasteiger partial charge < -0.3 is 10.1 Å². The molecule has 0 unspecified atom stereocenters. The minimum absolute atomic E-state index is 0.0196. The molecular formula is C20H24INO2. The number of carbonyl (C=O) groups is 1. The molecule has 0 aliphatic rings. The minimum atomic E-state index is 0.0196. The van der Waals surface area contributed by atoms with Crippen LogP contribution in [0.2, 0.25) is 0 Å². The Morgan fingerprint density at radius 2 is 1.88 bits per heavy atom. The van der Waals surface area contributed by atoms with Crippen LogP contribution < -0.4 is 10.1 Å². The van der Waals surface area contributed by atoms with E-state index in [-0.39, 0.29) is 5.91 Å². The third-order valence-corrected chi connectivity index (χ3v) is 4.53. The minimum Gasteiger partial charge on any atom is -0.494 e. The Balaban J connectivity index is 1.73. The average Bonchev–Trinajstić information content (AvgIpc) is 2.53. The lowest BCUT2D eigenvalue weighted by Crippen LogP contribution is -2.12. The topological polar surface area (TPSA) is 38.3 Å². The van der Waals surface area contributed by atoms with E-state index < -0.39 is 0 Å². The van der Waals surface area contributed by atoms with Gasteiger partial charge in [-0.25, -0.2) is 0 Å². The highest BCUT2D eigenvalue weighted by Crippen LogP contribution is 2.23. The fourth-order valence-electron chi connectivity index (χ4n) is 2.57. The summed E-state index contributed by atoms with van der Waals surface area (Å²) >= 11 is 2.24. The zero-order valence-electron chi connectivity index (χ0n) is 14.4. The predicted octanol–water partition coefficient (Wildman–Crippen LogP) is 5.52. The normalized spacial score (nSPS) is 10.7. The molecule has 0 aliphatic carbocycles. The maximum absolute atomic E-state index is 11.9. The molecule has 2 rings (SSSR count). The van der Waals surface area contributed by atoms with Crippen LogP contribution in [0, 0.1) is 10.5 Å². The second kappa shape index (κ2) is 9.06. The Bertz CT molecular complexity index is 681. The van der Waals surface area contributed by atoms with Gasteiger partial charge in [0.25, 0.3) is 0 Å². The summed E-state index contributed by atoms with van der Waals surface area (Å²) in [6.07, 6.45) is 1.15. The zero-order chi connectivity index (χ0) is 17.5. The number of nitrogens with one attached hydrogen (secondary N) is 1. The number of carbonyl (C=O) groups excluding carboxylic acids is 1. The molecule has 0 heterocycles. The van der Waals surface area contributed by atoms with Crippen LogP contribution in [0.15, 0.2) is 42.5 Å². The van der Waals surface area contributed by atoms with Gasteiger partial charge in [0.2, 0.25) is 5.91 Å². The standard InChI is InChI=1S/C20H24INO2/c1-14(2)19-11-10-18(13-15(19)3)24-12-4-5-20(23)22-17-8-6-16(21)7-9-17/h6-11,13-14H,4-5,12H2,1-3H3,(H,22,23). The Hall–Kier alpha value is -1.56. The molecule has 2 aromatic rings. The van der Waals surface area contributed by atoms with Crippen LogP contribution >= 0.6 is 22.6 Å². The van der Waals surface area contributed by atoms with Crippen LogP contribution in [0.4, 0.5) is 5.69 Å². The van der Waals surface area contributed by atoms with Gasteiger partial charge in [-0.15, -0.1) is 0 Å². The molecule has 2 aromatic carbocycles. The Labute approximate surface area is 157 Å². The van der Waals surface area contributed by atoms with Crippen molar-refractivity contribution in [1.82, 2.24) is 0 Å². The molecule has 128 valence electrons. The van der Waals surface area contributed by atoms with Crippen molar-refractivity contribution in [1.29, 1.82) is 0 Å². The number of benzene rings is 2. The number of anilines is 1. The van der Waals surface area contributed by atoms with Gasteiger partial charge in [-0.2, -0.15) is 0 Å². The van der Waals surface area contributed by atoms with Gasteiger partial charge in [0, 0.05) is 15.7 Å². The number of ether oxygens (including phenoxy) is 1. The molecule has 1 N–H and O–H groups in total. The summed E-state index contributed by atoms with van der Waals surface area (Å²) in [4.78, 5) is 11.9. The maximum Gasteiger partial charge on any atom is 0.224 e. The SMILES string of the molecule is Cc1cc(OCCCC(=O)Nc2ccc(I)cc2)ccc1C(C)C. The summed E-state index contributed by atoms with van der Waals surface area (Å²) in [5.74, 6) is 1.41. The quantitative estimate of drug-likeness (QED) is 0.458. The van der Waals surface area contributed by atoms with E-state index in [9.17, 15) is 4.79 Å². The Kier molecular flexibility index (Phi) is 7.09. The average molecular weight is 437 g/mol. The van der Waals surface area contributed by atoms with E-state index in [4.69, 9.17) is 4.74 Å². The van der Waals surface area contributed by atoms with Crippen molar-refractivity contribution in [2.24, 2.45) is 0 Å². The number of hydrogen-bond donors (Lipinski definition) is 1. The lowest BCUT2D eigenvalue weighted by Gasteiger charge is -2.12. The third-order valence-electron chi connectivity index (χ3n) is 3.81. The first-order chi connectivity index (χ1) is 11.5. The van der Waals surface area contributed by atoms with E-state index in [0.29, 0.717) is 25.4 Å². The predicted molar refractivity (Wildman–Crippen MR) is 108 cm³/mol. The number of rotatable bonds is 7. The number of aryl methyl sites for hydroxylation is 1. The number of halogens is 1. The molecule has 0 aromatic heterocycles. The molecule has 3 nitrogen and oxygen atoms in total. The summed E-state index contributed by atoms with van der Waals surface area (Å²) in [6, 6.07) is 14.0. The lowest BCUT2D eigenvalue weighted by molar-refractivity contribution is -0.116. The molecule has 0 saturated carbocycles. The summed E-state index contributed by atoms with van der Waals surface area (Å²) < 4.78 is 6.91. The van der Waals surface area contributed by atoms with Crippen molar-refractivity contribution in [2.45, 2.75) is 39.5 Å². The Morgan fingerprint density at radius 3 is 2.50 bits per heavy atom. The number of hydrogen-bond acceptors (Lipinski definition) is 2. The smallest absolute Gasteiger partial charge is 0.224 e. The van der Waals surface area contributed by atoms with Crippen LogP contribution in [-0.4, -0.2) is 12.5 Å². The van der Waals surface area contributed by atoms with Gasteiger partial charge in [-0.1, -0.05) is 19.9 Å². The van der Waals surface area contributed by atoms with Gasteiger partial charge in [0.15, 0.2) is 0 Å². The van der Waals surface area contributed by atoms with E-state index >= 15 is 0 Å². The molecule has 0 radical (unpaired) electrons. The molecule has 0 saturated heterocycles. The van der Waals surface area contributed by atoms with E-state index in [1.54, 1.807) is 0 Å². The molecule has 1 amide bonds. The van der Waals surface area contributed by atoms with Crippen molar-refractivity contribution in [3.8, 4) is 5.75 Å². The van der Waals surface area contributed by atoms with Crippen molar-refractivity contribution in [2.75, 3.05) is 11.9 Å². The van der Waals surface area contributed by atoms with Gasteiger partial charge in [0.1, 0.15) is 5.75 Å². The largest absolute Gasteiger partial charge is 0.494 e. The van der Waals surface area contributed by atoms with Crippen LogP contribution in [-0.2, 0) is 4.79 Å². The first-order valence-corrected chi connectivity index (χ1v) is 9.32. The van der Waals surface area contributed by atoms with Crippen LogP contribution in [0.5, 0.6) is 5.75 Å². The summed E-state index contributed by atoms with van der Waals surface area (Å²) in [6.45, 7) is 7.03. The van der Waals surface area contributed by atoms with E-state index in [2.05, 4.69) is 60.8 Å². The molecule has 0 spiro atoms. The van der Waals surface area contributed by atoms with Crippen LogP contribution in [0.25, 0.3) is 0 Å². The van der Waals surface area contributed by atoms with Crippen molar-refractivity contribution >= 4 is 34.2 Å². The molecule has 4 heteroatoms. The van der Waals surface area contributed by atoms with E-state index in [1.165, 1.54) is 11.1 Å². The zero-order valence-corrected chi connectivity index (χ0v) is 16.6. The summed E-state index contributed by atoms with van der Waals surface area (Å²) in [7, 11) is 0. The third kappa shape index (κ3) is 5.82. The molecule has 0 fully saturated rings. The monoisotopic (exact) mass is 437 g/mol. The fraction of sp³-hybridized carbons (Fsp3) is 0.350. The Morgan fingerprint density at radius 1 is 1.17 bits per heavy atom. The lowest BCUT2D eigenvalue weighted by atomic mass is 9.98. The van der Waals surface area contributed by atoms with Crippen molar-refractivity contribution in [3.05, 3.63) is 57.2 Å². The fourth-order valence-corrected chi connectivity index (χ4v) is 2.92. The van der Waals surface area contributed by atoms with Crippen molar-refractivity contribution < 1.29 is 9.53 Å². The van der Waals surface area contributed by atoms with Gasteiger partial charge in [-0.05, 0) is 89.4 Å². The van der Waals surface area contributed by atoms with Gasteiger partial charge >= 0.3 is 0 Å². The first-order valence-electron chi connectivity index (χ1n) is 8.24. The van der Waals surface area contributed by atoms with Gasteiger partial charge in [0.05, 0.1) is 6.61 Å². The first kappa shape index (κ1) is 18.8. The van der Waals surface area contributed by atoms with Crippen LogP contribution in [0.1, 0.15) is 43.7 Å². The maximum atomic E-state index is 11.9. The van der Waals surface area contributed by atoms with Crippen LogP contribution in [0.3, 0.4) is 0 Å². The highest BCUT2D eigenvalue weighted by molar-refractivity contribution is 14.1. The van der Waals surface area contributed by atoms with Crippen molar-refractivity contribution in [3.63, 3.8) is 0 Å². The second-order valence-electron chi connectivity index (χ2n) is 6.18. The summed E-state index contributed by atoms with van der Waals surface area (Å²) in [5.41, 5.74) is 3.43. The summed E-state index contributed by atoms with van der Waals surface area (Å²) in [5, 5.41) is 2.90. The molecule has 0 bridgehead atoms. The number of amides is 1. The molecular weight excluding hydrogens is 413 g/mol.